The van der Waals surface area contributed by atoms with Gasteiger partial charge >= 0.3 is 6.09 Å². The molecule has 0 fully saturated rings. The normalized spacial score (nSPS) is 12.4. The molecule has 0 saturated carbocycles. The molecule has 0 unspecified atom stereocenters. The van der Waals surface area contributed by atoms with Crippen LogP contribution in [0.2, 0.25) is 0 Å². The lowest BCUT2D eigenvalue weighted by Gasteiger charge is -2.21. The number of thioether (sulfide) groups is 1. The molecule has 0 aromatic carbocycles. The smallest absolute Gasteiger partial charge is 0.407 e. The highest BCUT2D eigenvalue weighted by Crippen LogP contribution is 2.13. The number of carbonyl (C=O) groups is 4. The second kappa shape index (κ2) is 29.6. The van der Waals surface area contributed by atoms with Crippen LogP contribution in [0.1, 0.15) is 110 Å². The fourth-order valence-electron chi connectivity index (χ4n) is 4.56. The van der Waals surface area contributed by atoms with Gasteiger partial charge < -0.3 is 36.0 Å². The third-order valence-electron chi connectivity index (χ3n) is 7.12. The van der Waals surface area contributed by atoms with Crippen LogP contribution in [0.3, 0.4) is 0 Å². The maximum Gasteiger partial charge on any atom is 0.407 e. The van der Waals surface area contributed by atoms with Gasteiger partial charge in [0.15, 0.2) is 0 Å². The third-order valence-corrected chi connectivity index (χ3v) is 8.18. The molecule has 12 heteroatoms. The van der Waals surface area contributed by atoms with Gasteiger partial charge in [-0.15, -0.1) is 0 Å². The Morgan fingerprint density at radius 3 is 1.82 bits per heavy atom. The molecule has 0 spiro atoms. The van der Waals surface area contributed by atoms with Crippen molar-refractivity contribution in [1.82, 2.24) is 26.2 Å². The molecule has 0 bridgehead atoms. The molecule has 0 aromatic rings. The maximum atomic E-state index is 12.7. The van der Waals surface area contributed by atoms with Crippen molar-refractivity contribution in [3.8, 4) is 0 Å². The van der Waals surface area contributed by atoms with Gasteiger partial charge in [0.05, 0.1) is 13.2 Å². The van der Waals surface area contributed by atoms with E-state index in [1.165, 1.54) is 95.7 Å². The van der Waals surface area contributed by atoms with Gasteiger partial charge in [-0.3, -0.25) is 14.4 Å². The predicted molar refractivity (Wildman–Crippen MR) is 180 cm³/mol. The average molecular weight is 646 g/mol. The number of hydrogen-bond acceptors (Lipinski definition) is 8. The van der Waals surface area contributed by atoms with Crippen molar-refractivity contribution in [1.29, 1.82) is 0 Å². The standard InChI is InChI=1S/C32H63N5O6S/c1-5-6-7-8-9-10-11-12-13-14-15-16-17-18-23-43-32(42)34-21-24-44-26-29(35-27(2)39)31(41)36-28(25-38)30(40)33-20-19-22-37(3)4/h28-29,38H,5-26H2,1-4H3,(H,33,40)(H,34,42)(H,35,39)(H,36,41)/t28-,29-/m0/s1. The fourth-order valence-corrected chi connectivity index (χ4v) is 5.45. The molecule has 0 heterocycles. The van der Waals surface area contributed by atoms with Gasteiger partial charge in [0.25, 0.3) is 0 Å². The Bertz CT molecular complexity index is 759. The Labute approximate surface area is 271 Å². The van der Waals surface area contributed by atoms with E-state index in [2.05, 4.69) is 28.2 Å². The quantitative estimate of drug-likeness (QED) is 0.0768. The number of nitrogens with zero attached hydrogens (tertiary/aromatic N) is 1. The van der Waals surface area contributed by atoms with Crippen LogP contribution >= 0.6 is 11.8 Å². The van der Waals surface area contributed by atoms with Crippen molar-refractivity contribution >= 4 is 35.6 Å². The predicted octanol–water partition coefficient (Wildman–Crippen LogP) is 3.98. The van der Waals surface area contributed by atoms with E-state index < -0.39 is 36.6 Å². The van der Waals surface area contributed by atoms with E-state index in [9.17, 15) is 24.3 Å². The minimum absolute atomic E-state index is 0.240. The van der Waals surface area contributed by atoms with E-state index in [4.69, 9.17) is 4.74 Å². The van der Waals surface area contributed by atoms with Crippen molar-refractivity contribution in [2.45, 2.75) is 122 Å². The largest absolute Gasteiger partial charge is 0.450 e. The first kappa shape index (κ1) is 42.0. The zero-order chi connectivity index (χ0) is 32.8. The van der Waals surface area contributed by atoms with Gasteiger partial charge in [0, 0.05) is 31.5 Å². The van der Waals surface area contributed by atoms with Gasteiger partial charge in [-0.05, 0) is 33.5 Å². The molecule has 258 valence electrons. The van der Waals surface area contributed by atoms with E-state index in [1.54, 1.807) is 0 Å². The number of carbonyl (C=O) groups excluding carboxylic acids is 4. The first-order valence-electron chi connectivity index (χ1n) is 16.8. The second-order valence-corrected chi connectivity index (χ2v) is 12.8. The summed E-state index contributed by atoms with van der Waals surface area (Å²) in [6.45, 7) is 4.97. The molecule has 0 rings (SSSR count). The molecular weight excluding hydrogens is 582 g/mol. The summed E-state index contributed by atoms with van der Waals surface area (Å²) in [5.74, 6) is -0.678. The lowest BCUT2D eigenvalue weighted by atomic mass is 10.0. The van der Waals surface area contributed by atoms with Crippen molar-refractivity contribution < 1.29 is 29.0 Å². The van der Waals surface area contributed by atoms with Crippen LogP contribution in [0.25, 0.3) is 0 Å². The van der Waals surface area contributed by atoms with Gasteiger partial charge in [-0.1, -0.05) is 90.4 Å². The molecule has 4 amide bonds. The monoisotopic (exact) mass is 645 g/mol. The molecule has 0 aliphatic rings. The highest BCUT2D eigenvalue weighted by molar-refractivity contribution is 7.99. The van der Waals surface area contributed by atoms with Crippen molar-refractivity contribution in [2.75, 3.05) is 58.4 Å². The number of rotatable bonds is 29. The lowest BCUT2D eigenvalue weighted by Crippen LogP contribution is -2.55. The van der Waals surface area contributed by atoms with Crippen LogP contribution in [-0.2, 0) is 19.1 Å². The zero-order valence-electron chi connectivity index (χ0n) is 28.1. The molecule has 5 N–H and O–H groups in total. The number of hydrogen-bond donors (Lipinski definition) is 5. The van der Waals surface area contributed by atoms with Crippen LogP contribution in [0, 0.1) is 0 Å². The third kappa shape index (κ3) is 26.4. The summed E-state index contributed by atoms with van der Waals surface area (Å²) >= 11 is 1.37. The number of aliphatic hydroxyl groups is 1. The summed E-state index contributed by atoms with van der Waals surface area (Å²) in [6.07, 6.45) is 18.1. The number of alkyl carbamates (subject to hydrolysis) is 1. The van der Waals surface area contributed by atoms with E-state index >= 15 is 0 Å². The number of amides is 4. The molecule has 2 atom stereocenters. The van der Waals surface area contributed by atoms with Gasteiger partial charge in [-0.25, -0.2) is 4.79 Å². The Morgan fingerprint density at radius 1 is 0.727 bits per heavy atom. The topological polar surface area (TPSA) is 149 Å². The number of aliphatic hydroxyl groups excluding tert-OH is 1. The summed E-state index contributed by atoms with van der Waals surface area (Å²) in [4.78, 5) is 50.6. The minimum atomic E-state index is -1.11. The highest BCUT2D eigenvalue weighted by atomic mass is 32.2. The Morgan fingerprint density at radius 2 is 1.30 bits per heavy atom. The second-order valence-electron chi connectivity index (χ2n) is 11.7. The minimum Gasteiger partial charge on any atom is -0.450 e. The van der Waals surface area contributed by atoms with Crippen LogP contribution in [-0.4, -0.2) is 104 Å². The summed E-state index contributed by atoms with van der Waals surface area (Å²) in [5, 5.41) is 20.1. The Kier molecular flexibility index (Phi) is 28.3. The number of nitrogens with one attached hydrogen (secondary N) is 4. The number of unbranched alkanes of at least 4 members (excludes halogenated alkanes) is 13. The summed E-state index contributed by atoms with van der Waals surface area (Å²) < 4.78 is 5.25. The van der Waals surface area contributed by atoms with Crippen LogP contribution in [0.4, 0.5) is 4.79 Å². The molecule has 11 nitrogen and oxygen atoms in total. The molecule has 0 aliphatic carbocycles. The Balaban J connectivity index is 3.97. The molecule has 0 saturated heterocycles. The van der Waals surface area contributed by atoms with E-state index in [0.29, 0.717) is 25.4 Å². The molecule has 44 heavy (non-hydrogen) atoms. The fraction of sp³-hybridized carbons (Fsp3) is 0.875. The molecule has 0 aromatic heterocycles. The zero-order valence-corrected chi connectivity index (χ0v) is 28.9. The SMILES string of the molecule is CCCCCCCCCCCCCCCCOC(=O)NCCSC[C@H](NC(C)=O)C(=O)N[C@@H](CO)C(=O)NCCCN(C)C. The summed E-state index contributed by atoms with van der Waals surface area (Å²) in [6, 6.07) is -2.00. The average Bonchev–Trinajstić information content (AvgIpc) is 2.98. The molecule has 0 aliphatic heterocycles. The van der Waals surface area contributed by atoms with E-state index in [1.807, 2.05) is 19.0 Å². The first-order valence-corrected chi connectivity index (χ1v) is 18.0. The van der Waals surface area contributed by atoms with Crippen molar-refractivity contribution in [3.63, 3.8) is 0 Å². The van der Waals surface area contributed by atoms with Crippen molar-refractivity contribution in [3.05, 3.63) is 0 Å². The molecule has 0 radical (unpaired) electrons. The van der Waals surface area contributed by atoms with Gasteiger partial charge in [0.1, 0.15) is 12.1 Å². The van der Waals surface area contributed by atoms with E-state index in [-0.39, 0.29) is 11.7 Å². The van der Waals surface area contributed by atoms with Crippen molar-refractivity contribution in [2.24, 2.45) is 0 Å². The molecular formula is C32H63N5O6S. The van der Waals surface area contributed by atoms with Crippen LogP contribution < -0.4 is 21.3 Å². The lowest BCUT2D eigenvalue weighted by molar-refractivity contribution is -0.132. The number of ether oxygens (including phenoxy) is 1. The maximum absolute atomic E-state index is 12.7. The van der Waals surface area contributed by atoms with Gasteiger partial charge in [0.2, 0.25) is 17.7 Å². The first-order chi connectivity index (χ1) is 21.2. The van der Waals surface area contributed by atoms with Gasteiger partial charge in [-0.2, -0.15) is 11.8 Å². The highest BCUT2D eigenvalue weighted by Gasteiger charge is 2.25. The van der Waals surface area contributed by atoms with Crippen LogP contribution in [0.15, 0.2) is 0 Å². The summed E-state index contributed by atoms with van der Waals surface area (Å²) in [5.41, 5.74) is 0. The van der Waals surface area contributed by atoms with Crippen LogP contribution in [0.5, 0.6) is 0 Å². The van der Waals surface area contributed by atoms with E-state index in [0.717, 1.165) is 25.8 Å². The summed E-state index contributed by atoms with van der Waals surface area (Å²) in [7, 11) is 3.87. The Hall–Kier alpha value is -2.05.